The highest BCUT2D eigenvalue weighted by atomic mass is 35.5. The molecule has 0 radical (unpaired) electrons. The number of carbonyl (C=O) groups is 1. The zero-order valence-electron chi connectivity index (χ0n) is 22.6. The first kappa shape index (κ1) is 28.2. The Morgan fingerprint density at radius 1 is 0.795 bits per heavy atom. The van der Waals surface area contributed by atoms with Gasteiger partial charge in [-0.3, -0.25) is 4.79 Å². The van der Waals surface area contributed by atoms with Crippen molar-refractivity contribution in [2.75, 3.05) is 39.3 Å². The molecule has 1 amide bonds. The molecule has 0 aromatic heterocycles. The fourth-order valence-corrected chi connectivity index (χ4v) is 7.02. The molecule has 6 heteroatoms. The van der Waals surface area contributed by atoms with E-state index in [0.717, 1.165) is 70.3 Å². The maximum Gasteiger partial charge on any atom is 0.253 e. The number of hydrogen-bond donors (Lipinski definition) is 1. The highest BCUT2D eigenvalue weighted by Crippen LogP contribution is 2.41. The zero-order chi connectivity index (χ0) is 27.3. The van der Waals surface area contributed by atoms with Crippen LogP contribution < -0.4 is 5.73 Å². The van der Waals surface area contributed by atoms with Crippen LogP contribution in [0, 0.1) is 0 Å². The summed E-state index contributed by atoms with van der Waals surface area (Å²) in [6.45, 7) is 5.34. The van der Waals surface area contributed by atoms with Crippen molar-refractivity contribution in [1.29, 1.82) is 0 Å². The summed E-state index contributed by atoms with van der Waals surface area (Å²) in [6, 6.07) is 26.4. The number of benzene rings is 3. The van der Waals surface area contributed by atoms with E-state index in [4.69, 9.17) is 28.9 Å². The number of hydrogen-bond acceptors (Lipinski definition) is 3. The Morgan fingerprint density at radius 3 is 2.15 bits per heavy atom. The summed E-state index contributed by atoms with van der Waals surface area (Å²) >= 11 is 12.8. The molecule has 2 aliphatic rings. The zero-order valence-corrected chi connectivity index (χ0v) is 24.1. The molecule has 2 aliphatic heterocycles. The molecule has 2 fully saturated rings. The van der Waals surface area contributed by atoms with Gasteiger partial charge in [-0.25, -0.2) is 0 Å². The maximum absolute atomic E-state index is 13.4. The third kappa shape index (κ3) is 6.20. The average molecular weight is 565 g/mol. The third-order valence-electron chi connectivity index (χ3n) is 9.14. The second kappa shape index (κ2) is 12.4. The van der Waals surface area contributed by atoms with Crippen LogP contribution in [0.15, 0.2) is 78.9 Å². The fraction of sp³-hybridized carbons (Fsp3) is 0.424. The van der Waals surface area contributed by atoms with Crippen molar-refractivity contribution in [1.82, 2.24) is 9.80 Å². The molecule has 5 rings (SSSR count). The van der Waals surface area contributed by atoms with Crippen molar-refractivity contribution < 1.29 is 4.79 Å². The Balaban J connectivity index is 1.28. The highest BCUT2D eigenvalue weighted by Gasteiger charge is 2.39. The van der Waals surface area contributed by atoms with Crippen LogP contribution in [0.1, 0.15) is 60.0 Å². The van der Waals surface area contributed by atoms with E-state index < -0.39 is 0 Å². The van der Waals surface area contributed by atoms with Crippen molar-refractivity contribution in [3.05, 3.63) is 106 Å². The lowest BCUT2D eigenvalue weighted by Gasteiger charge is -2.45. The largest absolute Gasteiger partial charge is 0.338 e. The smallest absolute Gasteiger partial charge is 0.253 e. The Bertz CT molecular complexity index is 1240. The van der Waals surface area contributed by atoms with Crippen LogP contribution in [0.5, 0.6) is 0 Å². The van der Waals surface area contributed by atoms with Crippen molar-refractivity contribution in [2.45, 2.75) is 49.4 Å². The summed E-state index contributed by atoms with van der Waals surface area (Å²) < 4.78 is 0. The van der Waals surface area contributed by atoms with Crippen LogP contribution in [0.2, 0.25) is 10.0 Å². The Kier molecular flexibility index (Phi) is 8.98. The van der Waals surface area contributed by atoms with Gasteiger partial charge in [-0.15, -0.1) is 0 Å². The first-order valence-corrected chi connectivity index (χ1v) is 15.0. The molecule has 1 unspecified atom stereocenters. The maximum atomic E-state index is 13.4. The van der Waals surface area contributed by atoms with E-state index >= 15 is 0 Å². The predicted octanol–water partition coefficient (Wildman–Crippen LogP) is 6.94. The van der Waals surface area contributed by atoms with Gasteiger partial charge in [0.2, 0.25) is 0 Å². The molecule has 2 saturated heterocycles. The number of likely N-dealkylation sites (tertiary alicyclic amines) is 2. The number of amides is 1. The van der Waals surface area contributed by atoms with Gasteiger partial charge in [0.25, 0.3) is 5.91 Å². The first-order chi connectivity index (χ1) is 18.9. The summed E-state index contributed by atoms with van der Waals surface area (Å²) in [5.41, 5.74) is 9.58. The molecule has 0 aliphatic carbocycles. The van der Waals surface area contributed by atoms with Gasteiger partial charge in [0, 0.05) is 36.0 Å². The molecule has 3 aromatic carbocycles. The molecular weight excluding hydrogens is 525 g/mol. The van der Waals surface area contributed by atoms with Crippen LogP contribution >= 0.6 is 23.2 Å². The summed E-state index contributed by atoms with van der Waals surface area (Å²) in [5.74, 6) is 0.106. The molecule has 3 aromatic rings. The lowest BCUT2D eigenvalue weighted by atomic mass is 9.70. The Labute approximate surface area is 243 Å². The van der Waals surface area contributed by atoms with Gasteiger partial charge >= 0.3 is 0 Å². The van der Waals surface area contributed by atoms with Crippen molar-refractivity contribution in [2.24, 2.45) is 5.73 Å². The molecule has 2 heterocycles. The predicted molar refractivity (Wildman–Crippen MR) is 162 cm³/mol. The Morgan fingerprint density at radius 2 is 1.49 bits per heavy atom. The van der Waals surface area contributed by atoms with Gasteiger partial charge in [0.1, 0.15) is 0 Å². The molecule has 0 spiro atoms. The van der Waals surface area contributed by atoms with E-state index in [0.29, 0.717) is 23.1 Å². The standard InChI is InChI=1S/C33H39Cl2N3O/c34-29-14-13-28(23-30(29)35)33(16-8-20-38(25-33)31(39)26-9-3-1-4-10-26)15-7-19-37-21-17-32(24-36,18-22-37)27-11-5-2-6-12-27/h1-6,9-14,23H,7-8,15-22,24-25,36H2. The molecule has 0 bridgehead atoms. The fourth-order valence-electron chi connectivity index (χ4n) is 6.73. The number of rotatable bonds is 8. The topological polar surface area (TPSA) is 49.6 Å². The average Bonchev–Trinajstić information content (AvgIpc) is 2.99. The molecule has 1 atom stereocenters. The number of piperidine rings is 2. The van der Waals surface area contributed by atoms with Gasteiger partial charge in [-0.2, -0.15) is 0 Å². The molecule has 4 nitrogen and oxygen atoms in total. The van der Waals surface area contributed by atoms with E-state index in [-0.39, 0.29) is 16.7 Å². The van der Waals surface area contributed by atoms with E-state index in [1.807, 2.05) is 47.4 Å². The van der Waals surface area contributed by atoms with Gasteiger partial charge < -0.3 is 15.5 Å². The molecule has 206 valence electrons. The third-order valence-corrected chi connectivity index (χ3v) is 9.88. The normalized spacial score (nSPS) is 21.6. The first-order valence-electron chi connectivity index (χ1n) is 14.2. The summed E-state index contributed by atoms with van der Waals surface area (Å²) in [5, 5.41) is 1.15. The Hall–Kier alpha value is -2.37. The minimum Gasteiger partial charge on any atom is -0.338 e. The van der Waals surface area contributed by atoms with E-state index in [2.05, 4.69) is 41.3 Å². The second-order valence-corrected chi connectivity index (χ2v) is 12.2. The number of carbonyl (C=O) groups excluding carboxylic acids is 1. The second-order valence-electron chi connectivity index (χ2n) is 11.4. The number of nitrogens with zero attached hydrogens (tertiary/aromatic N) is 2. The van der Waals surface area contributed by atoms with Gasteiger partial charge in [-0.1, -0.05) is 77.8 Å². The van der Waals surface area contributed by atoms with E-state index in [9.17, 15) is 4.79 Å². The highest BCUT2D eigenvalue weighted by molar-refractivity contribution is 6.42. The van der Waals surface area contributed by atoms with Crippen LogP contribution in [0.3, 0.4) is 0 Å². The van der Waals surface area contributed by atoms with Crippen molar-refractivity contribution >= 4 is 29.1 Å². The number of nitrogens with two attached hydrogens (primary N) is 1. The van der Waals surface area contributed by atoms with Crippen LogP contribution in [-0.4, -0.2) is 55.0 Å². The van der Waals surface area contributed by atoms with Crippen LogP contribution in [-0.2, 0) is 10.8 Å². The summed E-state index contributed by atoms with van der Waals surface area (Å²) in [7, 11) is 0. The number of halogens is 2. The lowest BCUT2D eigenvalue weighted by Crippen LogP contribution is -2.49. The molecule has 39 heavy (non-hydrogen) atoms. The monoisotopic (exact) mass is 563 g/mol. The summed E-state index contributed by atoms with van der Waals surface area (Å²) in [4.78, 5) is 18.1. The van der Waals surface area contributed by atoms with E-state index in [1.165, 1.54) is 11.1 Å². The summed E-state index contributed by atoms with van der Waals surface area (Å²) in [6.07, 6.45) is 6.25. The minimum atomic E-state index is -0.141. The molecule has 0 saturated carbocycles. The molecular formula is C33H39Cl2N3O. The quantitative estimate of drug-likeness (QED) is 0.323. The van der Waals surface area contributed by atoms with E-state index in [1.54, 1.807) is 0 Å². The molecule has 2 N–H and O–H groups in total. The van der Waals surface area contributed by atoms with Crippen molar-refractivity contribution in [3.63, 3.8) is 0 Å². The SMILES string of the molecule is NCC1(c2ccccc2)CCN(CCCC2(c3ccc(Cl)c(Cl)c3)CCCN(C(=O)c3ccccc3)C2)CC1. The van der Waals surface area contributed by atoms with Gasteiger partial charge in [0.05, 0.1) is 10.0 Å². The van der Waals surface area contributed by atoms with Gasteiger partial charge in [0.15, 0.2) is 0 Å². The van der Waals surface area contributed by atoms with Gasteiger partial charge in [-0.05, 0) is 93.6 Å². The van der Waals surface area contributed by atoms with Crippen molar-refractivity contribution in [3.8, 4) is 0 Å². The minimum absolute atomic E-state index is 0.0840. The lowest BCUT2D eigenvalue weighted by molar-refractivity contribution is 0.0617. The van der Waals surface area contributed by atoms with Crippen LogP contribution in [0.25, 0.3) is 0 Å². The van der Waals surface area contributed by atoms with Crippen LogP contribution in [0.4, 0.5) is 0 Å².